The van der Waals surface area contributed by atoms with Gasteiger partial charge in [0, 0.05) is 18.2 Å². The molecule has 0 amide bonds. The number of aryl methyl sites for hydroxylation is 1. The third-order valence-electron chi connectivity index (χ3n) is 3.18. The van der Waals surface area contributed by atoms with E-state index in [4.69, 9.17) is 4.52 Å². The first-order valence-electron chi connectivity index (χ1n) is 6.21. The van der Waals surface area contributed by atoms with Crippen molar-refractivity contribution in [3.8, 4) is 0 Å². The molecule has 1 atom stereocenters. The van der Waals surface area contributed by atoms with Crippen LogP contribution in [0.5, 0.6) is 0 Å². The van der Waals surface area contributed by atoms with Gasteiger partial charge in [-0.05, 0) is 26.5 Å². The second-order valence-electron chi connectivity index (χ2n) is 4.68. The Kier molecular flexibility index (Phi) is 4.09. The summed E-state index contributed by atoms with van der Waals surface area (Å²) in [5.74, 6) is 1.12. The minimum absolute atomic E-state index is 0.00195. The Bertz CT molecular complexity index is 611. The number of aromatic nitrogens is 2. The lowest BCUT2D eigenvalue weighted by Crippen LogP contribution is -2.22. The summed E-state index contributed by atoms with van der Waals surface area (Å²) in [4.78, 5) is 16.5. The smallest absolute Gasteiger partial charge is 0.269 e. The number of benzene rings is 1. The highest BCUT2D eigenvalue weighted by Crippen LogP contribution is 2.23. The van der Waals surface area contributed by atoms with Crippen molar-refractivity contribution in [3.05, 3.63) is 51.7 Å². The van der Waals surface area contributed by atoms with Gasteiger partial charge in [0.25, 0.3) is 5.69 Å². The third-order valence-corrected chi connectivity index (χ3v) is 3.18. The minimum Gasteiger partial charge on any atom is -0.338 e. The summed E-state index contributed by atoms with van der Waals surface area (Å²) in [7, 11) is 1.91. The molecule has 0 radical (unpaired) electrons. The van der Waals surface area contributed by atoms with E-state index in [0.717, 1.165) is 5.56 Å². The Hall–Kier alpha value is -2.28. The molecule has 0 N–H and O–H groups in total. The molecule has 106 valence electrons. The predicted molar refractivity (Wildman–Crippen MR) is 72.0 cm³/mol. The van der Waals surface area contributed by atoms with Crippen molar-refractivity contribution in [1.29, 1.82) is 0 Å². The summed E-state index contributed by atoms with van der Waals surface area (Å²) in [6.07, 6.45) is 0. The highest BCUT2D eigenvalue weighted by Gasteiger charge is 2.17. The molecule has 0 saturated carbocycles. The molecule has 2 aromatic rings. The SMILES string of the molecule is Cc1noc(CN(C)[C@H](C)c2cccc([N+](=O)[O-])c2)n1. The van der Waals surface area contributed by atoms with Crippen LogP contribution >= 0.6 is 0 Å². The first-order valence-corrected chi connectivity index (χ1v) is 6.21. The van der Waals surface area contributed by atoms with Crippen LogP contribution in [0.2, 0.25) is 0 Å². The van der Waals surface area contributed by atoms with Gasteiger partial charge in [-0.1, -0.05) is 17.3 Å². The number of non-ortho nitro benzene ring substituents is 1. The Morgan fingerprint density at radius 2 is 2.25 bits per heavy atom. The maximum atomic E-state index is 10.8. The van der Waals surface area contributed by atoms with E-state index in [1.54, 1.807) is 19.1 Å². The molecule has 1 aromatic carbocycles. The average molecular weight is 276 g/mol. The molecule has 7 heteroatoms. The van der Waals surface area contributed by atoms with Crippen molar-refractivity contribution >= 4 is 5.69 Å². The van der Waals surface area contributed by atoms with Crippen LogP contribution in [-0.2, 0) is 6.54 Å². The molecule has 0 unspecified atom stereocenters. The van der Waals surface area contributed by atoms with Gasteiger partial charge in [-0.2, -0.15) is 4.98 Å². The Morgan fingerprint density at radius 3 is 2.85 bits per heavy atom. The van der Waals surface area contributed by atoms with Crippen LogP contribution in [0, 0.1) is 17.0 Å². The summed E-state index contributed by atoms with van der Waals surface area (Å²) in [5.41, 5.74) is 0.967. The van der Waals surface area contributed by atoms with E-state index >= 15 is 0 Å². The molecule has 7 nitrogen and oxygen atoms in total. The fraction of sp³-hybridized carbons (Fsp3) is 0.385. The minimum atomic E-state index is -0.391. The largest absolute Gasteiger partial charge is 0.338 e. The fourth-order valence-electron chi connectivity index (χ4n) is 1.91. The molecule has 1 heterocycles. The van der Waals surface area contributed by atoms with Crippen LogP contribution in [0.4, 0.5) is 5.69 Å². The van der Waals surface area contributed by atoms with Gasteiger partial charge in [-0.3, -0.25) is 15.0 Å². The molecule has 0 spiro atoms. The Morgan fingerprint density at radius 1 is 1.50 bits per heavy atom. The maximum Gasteiger partial charge on any atom is 0.269 e. The standard InChI is InChI=1S/C13H16N4O3/c1-9(11-5-4-6-12(7-11)17(18)19)16(3)8-13-14-10(2)15-20-13/h4-7,9H,8H2,1-3H3/t9-/m1/s1. The first-order chi connectivity index (χ1) is 9.47. The van der Waals surface area contributed by atoms with Gasteiger partial charge in [0.05, 0.1) is 11.5 Å². The summed E-state index contributed by atoms with van der Waals surface area (Å²) in [5, 5.41) is 14.5. The van der Waals surface area contributed by atoms with Crippen LogP contribution in [-0.4, -0.2) is 27.0 Å². The highest BCUT2D eigenvalue weighted by molar-refractivity contribution is 5.35. The van der Waals surface area contributed by atoms with Crippen molar-refractivity contribution in [3.63, 3.8) is 0 Å². The van der Waals surface area contributed by atoms with Crippen LogP contribution in [0.15, 0.2) is 28.8 Å². The number of rotatable bonds is 5. The van der Waals surface area contributed by atoms with Crippen molar-refractivity contribution in [1.82, 2.24) is 15.0 Å². The normalized spacial score (nSPS) is 12.6. The quantitative estimate of drug-likeness (QED) is 0.616. The second-order valence-corrected chi connectivity index (χ2v) is 4.68. The van der Waals surface area contributed by atoms with E-state index in [1.807, 2.05) is 24.9 Å². The molecule has 0 aliphatic rings. The summed E-state index contributed by atoms with van der Waals surface area (Å²) in [6, 6.07) is 6.63. The predicted octanol–water partition coefficient (Wildman–Crippen LogP) is 2.48. The van der Waals surface area contributed by atoms with Crippen molar-refractivity contribution in [2.45, 2.75) is 26.4 Å². The van der Waals surface area contributed by atoms with E-state index in [-0.39, 0.29) is 11.7 Å². The van der Waals surface area contributed by atoms with Gasteiger partial charge in [-0.25, -0.2) is 0 Å². The van der Waals surface area contributed by atoms with E-state index in [9.17, 15) is 10.1 Å². The average Bonchev–Trinajstić information content (AvgIpc) is 2.83. The molecule has 0 aliphatic carbocycles. The van der Waals surface area contributed by atoms with Crippen LogP contribution in [0.25, 0.3) is 0 Å². The second kappa shape index (κ2) is 5.79. The lowest BCUT2D eigenvalue weighted by Gasteiger charge is -2.23. The van der Waals surface area contributed by atoms with Gasteiger partial charge in [-0.15, -0.1) is 0 Å². The van der Waals surface area contributed by atoms with Crippen molar-refractivity contribution < 1.29 is 9.45 Å². The first kappa shape index (κ1) is 14.1. The maximum absolute atomic E-state index is 10.8. The molecule has 2 rings (SSSR count). The fourth-order valence-corrected chi connectivity index (χ4v) is 1.91. The lowest BCUT2D eigenvalue weighted by atomic mass is 10.1. The van der Waals surface area contributed by atoms with Crippen LogP contribution in [0.1, 0.15) is 30.2 Å². The molecule has 0 fully saturated rings. The number of hydrogen-bond donors (Lipinski definition) is 0. The molecule has 20 heavy (non-hydrogen) atoms. The number of nitro benzene ring substituents is 1. The Balaban J connectivity index is 2.11. The highest BCUT2D eigenvalue weighted by atomic mass is 16.6. The van der Waals surface area contributed by atoms with Crippen LogP contribution in [0.3, 0.4) is 0 Å². The van der Waals surface area contributed by atoms with Crippen molar-refractivity contribution in [2.75, 3.05) is 7.05 Å². The zero-order valence-electron chi connectivity index (χ0n) is 11.6. The molecule has 0 aliphatic heterocycles. The van der Waals surface area contributed by atoms with Crippen LogP contribution < -0.4 is 0 Å². The van der Waals surface area contributed by atoms with Gasteiger partial charge in [0.15, 0.2) is 5.82 Å². The monoisotopic (exact) mass is 276 g/mol. The van der Waals surface area contributed by atoms with Gasteiger partial charge >= 0.3 is 0 Å². The van der Waals surface area contributed by atoms with Crippen molar-refractivity contribution in [2.24, 2.45) is 0 Å². The van der Waals surface area contributed by atoms with E-state index in [1.165, 1.54) is 6.07 Å². The summed E-state index contributed by atoms with van der Waals surface area (Å²) < 4.78 is 5.07. The summed E-state index contributed by atoms with van der Waals surface area (Å²) in [6.45, 7) is 4.23. The zero-order valence-corrected chi connectivity index (χ0v) is 11.6. The number of nitrogens with zero attached hydrogens (tertiary/aromatic N) is 4. The van der Waals surface area contributed by atoms with E-state index in [2.05, 4.69) is 10.1 Å². The molecule has 0 saturated heterocycles. The van der Waals surface area contributed by atoms with E-state index in [0.29, 0.717) is 18.3 Å². The number of hydrogen-bond acceptors (Lipinski definition) is 6. The summed E-state index contributed by atoms with van der Waals surface area (Å²) >= 11 is 0. The zero-order chi connectivity index (χ0) is 14.7. The van der Waals surface area contributed by atoms with Gasteiger partial charge in [0.2, 0.25) is 5.89 Å². The lowest BCUT2D eigenvalue weighted by molar-refractivity contribution is -0.384. The van der Waals surface area contributed by atoms with Gasteiger partial charge < -0.3 is 4.52 Å². The molecular formula is C13H16N4O3. The topological polar surface area (TPSA) is 85.3 Å². The molecule has 0 bridgehead atoms. The van der Waals surface area contributed by atoms with Gasteiger partial charge in [0.1, 0.15) is 0 Å². The molecule has 1 aromatic heterocycles. The Labute approximate surface area is 116 Å². The van der Waals surface area contributed by atoms with E-state index < -0.39 is 4.92 Å². The molecular weight excluding hydrogens is 260 g/mol. The number of nitro groups is 1. The third kappa shape index (κ3) is 3.18.